The molecule has 2 aromatic carbocycles. The molecule has 2 aromatic rings. The molecule has 0 unspecified atom stereocenters. The first kappa shape index (κ1) is 14.7. The van der Waals surface area contributed by atoms with Gasteiger partial charge in [0, 0.05) is 0 Å². The van der Waals surface area contributed by atoms with E-state index in [1.807, 2.05) is 12.1 Å². The van der Waals surface area contributed by atoms with Gasteiger partial charge in [0.25, 0.3) is 0 Å². The minimum atomic E-state index is -0.252. The van der Waals surface area contributed by atoms with Crippen molar-refractivity contribution in [1.29, 1.82) is 0 Å². The normalized spacial score (nSPS) is 9.53. The summed E-state index contributed by atoms with van der Waals surface area (Å²) in [6, 6.07) is 11.5. The van der Waals surface area contributed by atoms with Crippen LogP contribution in [0.25, 0.3) is 0 Å². The van der Waals surface area contributed by atoms with Crippen LogP contribution in [0, 0.1) is 0 Å². The molecule has 0 aliphatic rings. The molecule has 2 rings (SSSR count). The number of hydrogen-bond acceptors (Lipinski definition) is 5. The smallest absolute Gasteiger partial charge is 0.180 e. The van der Waals surface area contributed by atoms with Crippen LogP contribution in [0.2, 0.25) is 0 Å². The largest absolute Gasteiger partial charge is 0.508 e. The van der Waals surface area contributed by atoms with E-state index in [0.29, 0.717) is 12.3 Å². The maximum atomic E-state index is 8.89. The summed E-state index contributed by atoms with van der Waals surface area (Å²) in [6.45, 7) is 0.658. The van der Waals surface area contributed by atoms with Crippen molar-refractivity contribution in [2.75, 3.05) is 12.3 Å². The van der Waals surface area contributed by atoms with Crippen molar-refractivity contribution in [3.63, 3.8) is 0 Å². The van der Waals surface area contributed by atoms with Gasteiger partial charge in [0.1, 0.15) is 5.75 Å². The lowest BCUT2D eigenvalue weighted by molar-refractivity contribution is 0.405. The maximum absolute atomic E-state index is 8.89. The van der Waals surface area contributed by atoms with Gasteiger partial charge in [-0.2, -0.15) is 0 Å². The Morgan fingerprint density at radius 3 is 2.00 bits per heavy atom. The highest BCUT2D eigenvalue weighted by Crippen LogP contribution is 2.29. The quantitative estimate of drug-likeness (QED) is 0.416. The summed E-state index contributed by atoms with van der Waals surface area (Å²) in [4.78, 5) is 0. The SMILES string of the molecule is NCCc1ccc(O)cc1.Nc1cccc(O)c1O. The van der Waals surface area contributed by atoms with Crippen molar-refractivity contribution in [3.05, 3.63) is 48.0 Å². The molecule has 5 nitrogen and oxygen atoms in total. The first-order valence-corrected chi connectivity index (χ1v) is 5.79. The van der Waals surface area contributed by atoms with E-state index in [9.17, 15) is 0 Å². The zero-order valence-electron chi connectivity index (χ0n) is 10.5. The van der Waals surface area contributed by atoms with Gasteiger partial charge in [-0.1, -0.05) is 18.2 Å². The Morgan fingerprint density at radius 1 is 0.895 bits per heavy atom. The molecule has 0 saturated heterocycles. The summed E-state index contributed by atoms with van der Waals surface area (Å²) in [6.07, 6.45) is 0.875. The molecule has 0 aromatic heterocycles. The Balaban J connectivity index is 0.000000191. The molecule has 0 fully saturated rings. The second kappa shape index (κ2) is 7.13. The summed E-state index contributed by atoms with van der Waals surface area (Å²) in [5.41, 5.74) is 11.9. The van der Waals surface area contributed by atoms with Crippen LogP contribution in [0.1, 0.15) is 5.56 Å². The van der Waals surface area contributed by atoms with Crippen molar-refractivity contribution in [2.45, 2.75) is 6.42 Å². The predicted molar refractivity (Wildman–Crippen MR) is 75.0 cm³/mol. The number of hydrogen-bond donors (Lipinski definition) is 5. The summed E-state index contributed by atoms with van der Waals surface area (Å²) >= 11 is 0. The Morgan fingerprint density at radius 2 is 1.53 bits per heavy atom. The number of aromatic hydroxyl groups is 3. The molecule has 19 heavy (non-hydrogen) atoms. The minimum Gasteiger partial charge on any atom is -0.508 e. The van der Waals surface area contributed by atoms with Crippen LogP contribution in [-0.4, -0.2) is 21.9 Å². The van der Waals surface area contributed by atoms with Crippen molar-refractivity contribution in [2.24, 2.45) is 5.73 Å². The third-order valence-corrected chi connectivity index (χ3v) is 2.42. The van der Waals surface area contributed by atoms with Crippen LogP contribution >= 0.6 is 0 Å². The number of nitrogens with two attached hydrogens (primary N) is 2. The fourth-order valence-corrected chi connectivity index (χ4v) is 1.38. The molecule has 0 atom stereocenters. The lowest BCUT2D eigenvalue weighted by atomic mass is 10.1. The van der Waals surface area contributed by atoms with E-state index < -0.39 is 0 Å². The number of para-hydroxylation sites is 1. The van der Waals surface area contributed by atoms with E-state index in [0.717, 1.165) is 6.42 Å². The number of benzene rings is 2. The van der Waals surface area contributed by atoms with Gasteiger partial charge in [0.05, 0.1) is 5.69 Å². The highest BCUT2D eigenvalue weighted by Gasteiger charge is 1.98. The van der Waals surface area contributed by atoms with Gasteiger partial charge in [-0.05, 0) is 42.8 Å². The first-order chi connectivity index (χ1) is 9.04. The van der Waals surface area contributed by atoms with Crippen LogP contribution < -0.4 is 11.5 Å². The molecule has 0 saturated carbocycles. The first-order valence-electron chi connectivity index (χ1n) is 5.79. The number of phenolic OH excluding ortho intramolecular Hbond substituents is 3. The Bertz CT molecular complexity index is 492. The molecular weight excluding hydrogens is 244 g/mol. The topological polar surface area (TPSA) is 113 Å². The van der Waals surface area contributed by atoms with E-state index >= 15 is 0 Å². The third-order valence-electron chi connectivity index (χ3n) is 2.42. The number of rotatable bonds is 2. The third kappa shape index (κ3) is 4.77. The summed E-state index contributed by atoms with van der Waals surface area (Å²) in [5, 5.41) is 26.5. The van der Waals surface area contributed by atoms with Gasteiger partial charge in [-0.25, -0.2) is 0 Å². The fraction of sp³-hybridized carbons (Fsp3) is 0.143. The number of phenols is 3. The van der Waals surface area contributed by atoms with Gasteiger partial charge < -0.3 is 26.8 Å². The lowest BCUT2D eigenvalue weighted by Crippen LogP contribution is -2.01. The summed E-state index contributed by atoms with van der Waals surface area (Å²) in [7, 11) is 0. The Kier molecular flexibility index (Phi) is 5.50. The summed E-state index contributed by atoms with van der Waals surface area (Å²) in [5.74, 6) is -0.131. The van der Waals surface area contributed by atoms with Crippen LogP contribution in [0.15, 0.2) is 42.5 Å². The van der Waals surface area contributed by atoms with Crippen molar-refractivity contribution in [1.82, 2.24) is 0 Å². The van der Waals surface area contributed by atoms with Crippen LogP contribution in [0.4, 0.5) is 5.69 Å². The second-order valence-electron chi connectivity index (χ2n) is 3.92. The molecule has 0 heterocycles. The average Bonchev–Trinajstić information content (AvgIpc) is 2.40. The fourth-order valence-electron chi connectivity index (χ4n) is 1.38. The lowest BCUT2D eigenvalue weighted by Gasteiger charge is -1.97. The molecule has 0 radical (unpaired) electrons. The molecule has 0 spiro atoms. The van der Waals surface area contributed by atoms with E-state index in [1.54, 1.807) is 18.2 Å². The molecule has 102 valence electrons. The van der Waals surface area contributed by atoms with Gasteiger partial charge >= 0.3 is 0 Å². The molecule has 0 amide bonds. The highest BCUT2D eigenvalue weighted by atomic mass is 16.3. The van der Waals surface area contributed by atoms with Crippen LogP contribution in [0.5, 0.6) is 17.2 Å². The molecule has 7 N–H and O–H groups in total. The van der Waals surface area contributed by atoms with E-state index in [2.05, 4.69) is 0 Å². The Labute approximate surface area is 111 Å². The van der Waals surface area contributed by atoms with E-state index in [1.165, 1.54) is 17.7 Å². The number of anilines is 1. The molecule has 0 bridgehead atoms. The predicted octanol–water partition coefficient (Wildman–Crippen LogP) is 1.57. The average molecular weight is 262 g/mol. The van der Waals surface area contributed by atoms with Gasteiger partial charge in [-0.15, -0.1) is 0 Å². The van der Waals surface area contributed by atoms with Crippen LogP contribution in [-0.2, 0) is 6.42 Å². The van der Waals surface area contributed by atoms with E-state index in [-0.39, 0.29) is 17.2 Å². The molecule has 0 aliphatic heterocycles. The monoisotopic (exact) mass is 262 g/mol. The molecule has 5 heteroatoms. The second-order valence-corrected chi connectivity index (χ2v) is 3.92. The molecular formula is C14H18N2O3. The van der Waals surface area contributed by atoms with Crippen molar-refractivity contribution in [3.8, 4) is 17.2 Å². The van der Waals surface area contributed by atoms with Crippen molar-refractivity contribution >= 4 is 5.69 Å². The van der Waals surface area contributed by atoms with Gasteiger partial charge in [0.2, 0.25) is 0 Å². The Hall–Kier alpha value is -2.40. The molecule has 0 aliphatic carbocycles. The highest BCUT2D eigenvalue weighted by molar-refractivity contribution is 5.58. The van der Waals surface area contributed by atoms with Gasteiger partial charge in [0.15, 0.2) is 11.5 Å². The van der Waals surface area contributed by atoms with Crippen LogP contribution in [0.3, 0.4) is 0 Å². The zero-order chi connectivity index (χ0) is 14.3. The van der Waals surface area contributed by atoms with Gasteiger partial charge in [-0.3, -0.25) is 0 Å². The van der Waals surface area contributed by atoms with E-state index in [4.69, 9.17) is 26.8 Å². The zero-order valence-corrected chi connectivity index (χ0v) is 10.5. The minimum absolute atomic E-state index is 0.185. The van der Waals surface area contributed by atoms with Crippen molar-refractivity contribution < 1.29 is 15.3 Å². The number of nitrogen functional groups attached to an aromatic ring is 1. The maximum Gasteiger partial charge on any atom is 0.180 e. The summed E-state index contributed by atoms with van der Waals surface area (Å²) < 4.78 is 0. The standard InChI is InChI=1S/C8H11NO.C6H7NO2/c9-6-5-7-1-3-8(10)4-2-7;7-4-2-1-3-5(8)6(4)9/h1-4,10H,5-6,9H2;1-3,8-9H,7H2.